The minimum absolute atomic E-state index is 0.277. The lowest BCUT2D eigenvalue weighted by molar-refractivity contribution is 0.373. The maximum absolute atomic E-state index is 14.8. The molecule has 1 aliphatic rings. The van der Waals surface area contributed by atoms with E-state index in [1.807, 2.05) is 63.0 Å². The number of aromatic amines is 2. The second kappa shape index (κ2) is 13.4. The van der Waals surface area contributed by atoms with Crippen LogP contribution in [0.1, 0.15) is 19.3 Å². The van der Waals surface area contributed by atoms with Crippen molar-refractivity contribution in [2.24, 2.45) is 5.92 Å². The number of piperidine rings is 1. The number of anilines is 2. The minimum Gasteiger partial charge on any atom is -0.384 e. The molecule has 0 atom stereocenters. The van der Waals surface area contributed by atoms with Crippen LogP contribution in [0.4, 0.5) is 15.8 Å². The Labute approximate surface area is 273 Å². The number of nitrogens with zero attached hydrogens (tertiary/aromatic N) is 4. The van der Waals surface area contributed by atoms with E-state index in [-0.39, 0.29) is 5.82 Å². The van der Waals surface area contributed by atoms with Crippen molar-refractivity contribution in [3.63, 3.8) is 0 Å². The van der Waals surface area contributed by atoms with Gasteiger partial charge in [0.15, 0.2) is 0 Å². The first kappa shape index (κ1) is 30.6. The number of rotatable bonds is 11. The summed E-state index contributed by atoms with van der Waals surface area (Å²) in [6.45, 7) is 8.00. The number of nitrogens with one attached hydrogen (secondary N) is 5. The average molecular weight is 630 g/mol. The van der Waals surface area contributed by atoms with Crippen molar-refractivity contribution in [2.45, 2.75) is 19.3 Å². The van der Waals surface area contributed by atoms with Gasteiger partial charge in [-0.2, -0.15) is 5.10 Å². The van der Waals surface area contributed by atoms with Crippen LogP contribution in [0.3, 0.4) is 0 Å². The third-order valence-corrected chi connectivity index (χ3v) is 8.81. The van der Waals surface area contributed by atoms with Gasteiger partial charge in [0.1, 0.15) is 11.5 Å². The van der Waals surface area contributed by atoms with E-state index >= 15 is 0 Å². The van der Waals surface area contributed by atoms with Gasteiger partial charge >= 0.3 is 0 Å². The number of fused-ring (bicyclic) bond motifs is 2. The van der Waals surface area contributed by atoms with E-state index < -0.39 is 0 Å². The predicted octanol–water partition coefficient (Wildman–Crippen LogP) is 7.26. The fourth-order valence-corrected chi connectivity index (χ4v) is 6.42. The van der Waals surface area contributed by atoms with Crippen molar-refractivity contribution in [3.8, 4) is 33.8 Å². The number of aromatic nitrogens is 5. The topological polar surface area (TPSA) is 110 Å². The monoisotopic (exact) mass is 629 g/mol. The van der Waals surface area contributed by atoms with Gasteiger partial charge in [-0.15, -0.1) is 0 Å². The molecule has 9 nitrogen and oxygen atoms in total. The molecule has 10 heteroatoms. The molecule has 0 unspecified atom stereocenters. The average Bonchev–Trinajstić information content (AvgIpc) is 3.69. The predicted molar refractivity (Wildman–Crippen MR) is 190 cm³/mol. The molecular formula is C37H40FN9. The Balaban J connectivity index is 1.16. The Morgan fingerprint density at radius 3 is 2.66 bits per heavy atom. The third-order valence-electron chi connectivity index (χ3n) is 8.81. The summed E-state index contributed by atoms with van der Waals surface area (Å²) in [6.07, 6.45) is 8.76. The van der Waals surface area contributed by atoms with Crippen LogP contribution >= 0.6 is 0 Å². The van der Waals surface area contributed by atoms with E-state index in [1.54, 1.807) is 6.07 Å². The largest absolute Gasteiger partial charge is 0.384 e. The van der Waals surface area contributed by atoms with Gasteiger partial charge in [-0.05, 0) is 106 Å². The molecule has 0 amide bonds. The molecule has 47 heavy (non-hydrogen) atoms. The molecule has 1 aliphatic heterocycles. The molecule has 0 aliphatic carbocycles. The summed E-state index contributed by atoms with van der Waals surface area (Å²) < 4.78 is 14.8. The zero-order chi connectivity index (χ0) is 32.3. The number of hydrogen-bond donors (Lipinski definition) is 5. The maximum Gasteiger partial charge on any atom is 0.125 e. The number of halogens is 1. The molecule has 0 radical (unpaired) electrons. The van der Waals surface area contributed by atoms with Crippen molar-refractivity contribution in [1.29, 1.82) is 0 Å². The highest BCUT2D eigenvalue weighted by molar-refractivity contribution is 6.01. The van der Waals surface area contributed by atoms with Gasteiger partial charge in [0.25, 0.3) is 0 Å². The SMILES string of the molecule is C=C(CC1CCNCC1)Nc1cncc(-c2cc3c(-c4cc5c(-c6cc(F)cc(NCCN(C)C)c6)cccc5[nH]4)n[nH]c3cn2)c1. The van der Waals surface area contributed by atoms with Crippen molar-refractivity contribution >= 4 is 33.2 Å². The van der Waals surface area contributed by atoms with Crippen LogP contribution in [-0.4, -0.2) is 70.3 Å². The zero-order valence-corrected chi connectivity index (χ0v) is 26.8. The lowest BCUT2D eigenvalue weighted by Crippen LogP contribution is -2.28. The van der Waals surface area contributed by atoms with Gasteiger partial charge in [0.2, 0.25) is 0 Å². The van der Waals surface area contributed by atoms with Crippen molar-refractivity contribution in [1.82, 2.24) is 35.4 Å². The van der Waals surface area contributed by atoms with Crippen LogP contribution in [-0.2, 0) is 0 Å². The summed E-state index contributed by atoms with van der Waals surface area (Å²) in [7, 11) is 4.04. The summed E-state index contributed by atoms with van der Waals surface area (Å²) in [5, 5.41) is 20.0. The van der Waals surface area contributed by atoms with E-state index in [1.165, 1.54) is 18.9 Å². The second-order valence-corrected chi connectivity index (χ2v) is 12.7. The van der Waals surface area contributed by atoms with Gasteiger partial charge in [-0.25, -0.2) is 4.39 Å². The first-order valence-electron chi connectivity index (χ1n) is 16.2. The van der Waals surface area contributed by atoms with E-state index in [0.717, 1.165) is 105 Å². The Kier molecular flexibility index (Phi) is 8.69. The molecule has 0 spiro atoms. The normalized spacial score (nSPS) is 13.9. The molecule has 6 aromatic rings. The smallest absolute Gasteiger partial charge is 0.125 e. The van der Waals surface area contributed by atoms with E-state index in [2.05, 4.69) is 59.7 Å². The Morgan fingerprint density at radius 2 is 1.81 bits per heavy atom. The van der Waals surface area contributed by atoms with Crippen LogP contribution in [0, 0.1) is 11.7 Å². The molecule has 1 saturated heterocycles. The number of allylic oxidation sites excluding steroid dienone is 1. The number of H-pyrrole nitrogens is 2. The van der Waals surface area contributed by atoms with Gasteiger partial charge < -0.3 is 25.8 Å². The number of hydrogen-bond acceptors (Lipinski definition) is 7. The molecule has 7 rings (SSSR count). The summed E-state index contributed by atoms with van der Waals surface area (Å²) in [6, 6.07) is 17.4. The molecule has 4 aromatic heterocycles. The quantitative estimate of drug-likeness (QED) is 0.103. The first-order valence-corrected chi connectivity index (χ1v) is 16.2. The van der Waals surface area contributed by atoms with Crippen molar-refractivity contribution in [3.05, 3.63) is 91.3 Å². The Bertz CT molecular complexity index is 2040. The first-order chi connectivity index (χ1) is 22.9. The van der Waals surface area contributed by atoms with Gasteiger partial charge in [-0.3, -0.25) is 15.1 Å². The van der Waals surface area contributed by atoms with Gasteiger partial charge in [0.05, 0.1) is 35.0 Å². The lowest BCUT2D eigenvalue weighted by atomic mass is 9.93. The fourth-order valence-electron chi connectivity index (χ4n) is 6.42. The molecular weight excluding hydrogens is 589 g/mol. The summed E-state index contributed by atoms with van der Waals surface area (Å²) in [5.74, 6) is 0.374. The highest BCUT2D eigenvalue weighted by Gasteiger charge is 2.17. The lowest BCUT2D eigenvalue weighted by Gasteiger charge is -2.23. The molecule has 0 bridgehead atoms. The molecule has 2 aromatic carbocycles. The van der Waals surface area contributed by atoms with Gasteiger partial charge in [-0.1, -0.05) is 18.7 Å². The number of benzene rings is 2. The summed E-state index contributed by atoms with van der Waals surface area (Å²) in [4.78, 5) is 14.9. The molecule has 240 valence electrons. The molecule has 5 heterocycles. The Morgan fingerprint density at radius 1 is 0.957 bits per heavy atom. The molecule has 0 saturated carbocycles. The highest BCUT2D eigenvalue weighted by Crippen LogP contribution is 2.36. The van der Waals surface area contributed by atoms with Crippen LogP contribution in [0.2, 0.25) is 0 Å². The second-order valence-electron chi connectivity index (χ2n) is 12.7. The van der Waals surface area contributed by atoms with Crippen molar-refractivity contribution < 1.29 is 4.39 Å². The highest BCUT2D eigenvalue weighted by atomic mass is 19.1. The van der Waals surface area contributed by atoms with E-state index in [9.17, 15) is 4.39 Å². The standard InChI is InChI=1S/C37H40FN9/c1-23(13-24-7-9-39-10-8-24)43-29-16-26(20-40-21-29)34-19-32-36(22-42-34)45-46-37(32)35-18-31-30(5-4-6-33(31)44-35)25-14-27(38)17-28(15-25)41-11-12-47(2)3/h4-6,14-22,24,39,41,43-44H,1,7-13H2,2-3H3,(H,45,46). The van der Waals surface area contributed by atoms with E-state index in [4.69, 9.17) is 4.98 Å². The summed E-state index contributed by atoms with van der Waals surface area (Å²) >= 11 is 0. The van der Waals surface area contributed by atoms with E-state index in [0.29, 0.717) is 5.92 Å². The maximum atomic E-state index is 14.8. The van der Waals surface area contributed by atoms with Crippen molar-refractivity contribution in [2.75, 3.05) is 50.9 Å². The zero-order valence-electron chi connectivity index (χ0n) is 26.8. The van der Waals surface area contributed by atoms with Crippen LogP contribution in [0.25, 0.3) is 55.6 Å². The molecule has 1 fully saturated rings. The third kappa shape index (κ3) is 6.89. The van der Waals surface area contributed by atoms with Crippen LogP contribution < -0.4 is 16.0 Å². The number of pyridine rings is 2. The summed E-state index contributed by atoms with van der Waals surface area (Å²) in [5.41, 5.74) is 9.54. The minimum atomic E-state index is -0.277. The van der Waals surface area contributed by atoms with Crippen LogP contribution in [0.15, 0.2) is 85.5 Å². The number of likely N-dealkylation sites (N-methyl/N-ethyl adjacent to an activating group) is 1. The molecule has 5 N–H and O–H groups in total. The van der Waals surface area contributed by atoms with Gasteiger partial charge in [0, 0.05) is 52.5 Å². The van der Waals surface area contributed by atoms with Crippen LogP contribution in [0.5, 0.6) is 0 Å². The fraction of sp³-hybridized carbons (Fsp3) is 0.270. The Hall–Kier alpha value is -5.06.